The largest absolute Gasteiger partial charge is 0.255 e. The molecule has 0 amide bonds. The summed E-state index contributed by atoms with van der Waals surface area (Å²) in [6, 6.07) is 4.26. The molecule has 0 aliphatic rings. The van der Waals surface area contributed by atoms with Crippen molar-refractivity contribution >= 4 is 34.1 Å². The number of halogens is 2. The van der Waals surface area contributed by atoms with Gasteiger partial charge in [0.1, 0.15) is 0 Å². The van der Waals surface area contributed by atoms with E-state index in [-0.39, 0.29) is 0 Å². The monoisotopic (exact) mass is 305 g/mol. The zero-order chi connectivity index (χ0) is 14.5. The van der Waals surface area contributed by atoms with Gasteiger partial charge in [0, 0.05) is 17.5 Å². The van der Waals surface area contributed by atoms with Crippen molar-refractivity contribution in [2.75, 3.05) is 5.88 Å². The maximum atomic E-state index is 6.35. The van der Waals surface area contributed by atoms with Crippen LogP contribution in [0.1, 0.15) is 36.5 Å². The molecule has 0 bridgehead atoms. The number of unbranched alkanes of at least 4 members (excludes halogenated alkanes) is 1. The number of terminal acetylenes is 1. The van der Waals surface area contributed by atoms with Gasteiger partial charge in [-0.1, -0.05) is 24.4 Å². The van der Waals surface area contributed by atoms with Crippen molar-refractivity contribution in [3.8, 4) is 12.3 Å². The van der Waals surface area contributed by atoms with Crippen LogP contribution in [0.3, 0.4) is 0 Å². The molecule has 0 unspecified atom stereocenters. The third-order valence-corrected chi connectivity index (χ3v) is 4.16. The molecule has 2 aromatic rings. The molecule has 0 aliphatic heterocycles. The minimum absolute atomic E-state index is 0.625. The molecule has 0 fully saturated rings. The number of alkyl halides is 1. The van der Waals surface area contributed by atoms with Gasteiger partial charge in [-0.25, -0.2) is 0 Å². The van der Waals surface area contributed by atoms with Crippen LogP contribution in [0.5, 0.6) is 0 Å². The topological polar surface area (TPSA) is 12.9 Å². The second-order valence-corrected chi connectivity index (χ2v) is 5.52. The standard InChI is InChI=1S/C17H17Cl2N/c1-3-12-9-15-16(10-14(12)7-5-6-8-18)20-11-13(4-2)17(15)19/h2,9-11H,3,5-8H2,1H3. The Labute approximate surface area is 130 Å². The zero-order valence-corrected chi connectivity index (χ0v) is 13.1. The van der Waals surface area contributed by atoms with Crippen LogP contribution in [0.2, 0.25) is 5.02 Å². The van der Waals surface area contributed by atoms with Crippen LogP contribution in [0, 0.1) is 12.3 Å². The van der Waals surface area contributed by atoms with Crippen LogP contribution in [0.25, 0.3) is 10.9 Å². The van der Waals surface area contributed by atoms with E-state index in [0.717, 1.165) is 36.6 Å². The molecule has 0 saturated carbocycles. The second-order valence-electron chi connectivity index (χ2n) is 4.77. The quantitative estimate of drug-likeness (QED) is 0.430. The number of benzene rings is 1. The first-order valence-corrected chi connectivity index (χ1v) is 7.75. The Bertz CT molecular complexity index is 656. The van der Waals surface area contributed by atoms with Crippen molar-refractivity contribution in [3.05, 3.63) is 40.0 Å². The summed E-state index contributed by atoms with van der Waals surface area (Å²) in [5.41, 5.74) is 4.20. The Morgan fingerprint density at radius 3 is 2.70 bits per heavy atom. The number of fused-ring (bicyclic) bond motifs is 1. The molecular formula is C17H17Cl2N. The summed E-state index contributed by atoms with van der Waals surface area (Å²) in [7, 11) is 0. The number of rotatable bonds is 5. The molecule has 1 heterocycles. The molecule has 3 heteroatoms. The molecule has 0 saturated heterocycles. The Morgan fingerprint density at radius 1 is 1.25 bits per heavy atom. The van der Waals surface area contributed by atoms with E-state index in [1.165, 1.54) is 11.1 Å². The van der Waals surface area contributed by atoms with Crippen molar-refractivity contribution in [1.29, 1.82) is 0 Å². The summed E-state index contributed by atoms with van der Waals surface area (Å²) in [4.78, 5) is 4.42. The zero-order valence-electron chi connectivity index (χ0n) is 11.5. The third-order valence-electron chi connectivity index (χ3n) is 3.49. The summed E-state index contributed by atoms with van der Waals surface area (Å²) >= 11 is 12.1. The van der Waals surface area contributed by atoms with Crippen LogP contribution in [-0.2, 0) is 12.8 Å². The first kappa shape index (κ1) is 15.2. The van der Waals surface area contributed by atoms with Crippen molar-refractivity contribution in [3.63, 3.8) is 0 Å². The van der Waals surface area contributed by atoms with Gasteiger partial charge in [0.25, 0.3) is 0 Å². The van der Waals surface area contributed by atoms with Gasteiger partial charge in [-0.15, -0.1) is 18.0 Å². The Morgan fingerprint density at radius 2 is 2.05 bits per heavy atom. The average molecular weight is 306 g/mol. The molecule has 104 valence electrons. The number of aryl methyl sites for hydroxylation is 2. The molecule has 0 N–H and O–H groups in total. The molecule has 1 aromatic carbocycles. The van der Waals surface area contributed by atoms with E-state index in [2.05, 4.69) is 30.0 Å². The molecular weight excluding hydrogens is 289 g/mol. The Kier molecular flexibility index (Phi) is 5.29. The van der Waals surface area contributed by atoms with Gasteiger partial charge in [0.05, 0.1) is 16.1 Å². The predicted molar refractivity (Wildman–Crippen MR) is 87.7 cm³/mol. The van der Waals surface area contributed by atoms with Crippen molar-refractivity contribution in [2.45, 2.75) is 32.6 Å². The van der Waals surface area contributed by atoms with E-state index in [1.54, 1.807) is 6.20 Å². The lowest BCUT2D eigenvalue weighted by molar-refractivity contribution is 0.792. The number of nitrogens with zero attached hydrogens (tertiary/aromatic N) is 1. The van der Waals surface area contributed by atoms with E-state index >= 15 is 0 Å². The number of aromatic nitrogens is 1. The highest BCUT2D eigenvalue weighted by atomic mass is 35.5. The molecule has 1 aromatic heterocycles. The van der Waals surface area contributed by atoms with Gasteiger partial charge in [0.2, 0.25) is 0 Å². The number of pyridine rings is 1. The molecule has 1 nitrogen and oxygen atoms in total. The average Bonchev–Trinajstić information content (AvgIpc) is 2.47. The lowest BCUT2D eigenvalue weighted by atomic mass is 9.97. The van der Waals surface area contributed by atoms with Gasteiger partial charge in [-0.3, -0.25) is 4.98 Å². The van der Waals surface area contributed by atoms with E-state index in [1.807, 2.05) is 0 Å². The minimum Gasteiger partial charge on any atom is -0.255 e. The first-order valence-electron chi connectivity index (χ1n) is 6.83. The van der Waals surface area contributed by atoms with E-state index in [4.69, 9.17) is 29.6 Å². The van der Waals surface area contributed by atoms with E-state index in [9.17, 15) is 0 Å². The fourth-order valence-electron chi connectivity index (χ4n) is 2.37. The fourth-order valence-corrected chi connectivity index (χ4v) is 2.81. The normalized spacial score (nSPS) is 10.7. The van der Waals surface area contributed by atoms with Crippen LogP contribution in [-0.4, -0.2) is 10.9 Å². The number of hydrogen-bond donors (Lipinski definition) is 0. The highest BCUT2D eigenvalue weighted by molar-refractivity contribution is 6.36. The predicted octanol–water partition coefficient (Wildman–Crippen LogP) is 4.99. The fraction of sp³-hybridized carbons (Fsp3) is 0.353. The lowest BCUT2D eigenvalue weighted by Gasteiger charge is -2.11. The van der Waals surface area contributed by atoms with Crippen LogP contribution in [0.15, 0.2) is 18.3 Å². The Balaban J connectivity index is 2.49. The molecule has 0 aliphatic carbocycles. The minimum atomic E-state index is 0.625. The maximum absolute atomic E-state index is 6.35. The van der Waals surface area contributed by atoms with E-state index in [0.29, 0.717) is 16.5 Å². The summed E-state index contributed by atoms with van der Waals surface area (Å²) in [6.45, 7) is 2.15. The first-order chi connectivity index (χ1) is 9.71. The molecule has 0 atom stereocenters. The van der Waals surface area contributed by atoms with E-state index < -0.39 is 0 Å². The highest BCUT2D eigenvalue weighted by Gasteiger charge is 2.09. The third kappa shape index (κ3) is 3.08. The molecule has 20 heavy (non-hydrogen) atoms. The Hall–Kier alpha value is -1.23. The van der Waals surface area contributed by atoms with Gasteiger partial charge in [0.15, 0.2) is 0 Å². The van der Waals surface area contributed by atoms with Gasteiger partial charge in [-0.05, 0) is 48.9 Å². The van der Waals surface area contributed by atoms with Crippen molar-refractivity contribution < 1.29 is 0 Å². The molecule has 0 spiro atoms. The van der Waals surface area contributed by atoms with Crippen LogP contribution in [0.4, 0.5) is 0 Å². The summed E-state index contributed by atoms with van der Waals surface area (Å²) in [6.07, 6.45) is 11.2. The smallest absolute Gasteiger partial charge is 0.0720 e. The summed E-state index contributed by atoms with van der Waals surface area (Å²) < 4.78 is 0. The summed E-state index contributed by atoms with van der Waals surface area (Å²) in [5.74, 6) is 3.29. The SMILES string of the molecule is C#Cc1cnc2cc(CCCCCl)c(CC)cc2c1Cl. The maximum Gasteiger partial charge on any atom is 0.0720 e. The molecule has 0 radical (unpaired) electrons. The van der Waals surface area contributed by atoms with Crippen LogP contribution < -0.4 is 0 Å². The lowest BCUT2D eigenvalue weighted by Crippen LogP contribution is -1.96. The molecule has 2 rings (SSSR count). The number of hydrogen-bond acceptors (Lipinski definition) is 1. The second kappa shape index (κ2) is 6.97. The van der Waals surface area contributed by atoms with Crippen molar-refractivity contribution in [2.24, 2.45) is 0 Å². The highest BCUT2D eigenvalue weighted by Crippen LogP contribution is 2.28. The summed E-state index contributed by atoms with van der Waals surface area (Å²) in [5, 5.41) is 1.57. The van der Waals surface area contributed by atoms with Crippen LogP contribution >= 0.6 is 23.2 Å². The van der Waals surface area contributed by atoms with Gasteiger partial charge < -0.3 is 0 Å². The van der Waals surface area contributed by atoms with Gasteiger partial charge >= 0.3 is 0 Å². The van der Waals surface area contributed by atoms with Gasteiger partial charge in [-0.2, -0.15) is 0 Å². The van der Waals surface area contributed by atoms with Crippen molar-refractivity contribution in [1.82, 2.24) is 4.98 Å².